The summed E-state index contributed by atoms with van der Waals surface area (Å²) in [5, 5.41) is 8.71. The highest BCUT2D eigenvalue weighted by Crippen LogP contribution is 2.18. The molecule has 9 nitrogen and oxygen atoms in total. The summed E-state index contributed by atoms with van der Waals surface area (Å²) in [5.74, 6) is -0.0131. The lowest BCUT2D eigenvalue weighted by molar-refractivity contribution is -0.111. The van der Waals surface area contributed by atoms with Crippen LogP contribution in [-0.2, 0) is 17.8 Å². The van der Waals surface area contributed by atoms with Gasteiger partial charge in [0.2, 0.25) is 5.24 Å². The van der Waals surface area contributed by atoms with Gasteiger partial charge in [-0.3, -0.25) is 14.7 Å². The Labute approximate surface area is 203 Å². The van der Waals surface area contributed by atoms with E-state index in [-0.39, 0.29) is 34.7 Å². The number of ether oxygens (including phenoxy) is 1. The third kappa shape index (κ3) is 6.40. The number of anilines is 1. The number of benzene rings is 2. The van der Waals surface area contributed by atoms with Gasteiger partial charge in [-0.05, 0) is 47.0 Å². The molecular weight excluding hydrogens is 486 g/mol. The lowest BCUT2D eigenvalue weighted by atomic mass is 10.1. The average molecular weight is 505 g/mol. The number of nitrogens with two attached hydrogens (primary N) is 1. The SMILES string of the molecule is COc1cccc(CC(=O)Cl)c1.Nc1n[nH]c2c(C(=O)NCc3ccc(F)c(Cl)c3)ncnc12. The highest BCUT2D eigenvalue weighted by molar-refractivity contribution is 6.63. The summed E-state index contributed by atoms with van der Waals surface area (Å²) in [5.41, 5.74) is 8.02. The molecule has 4 rings (SSSR count). The molecule has 2 aromatic carbocycles. The van der Waals surface area contributed by atoms with E-state index < -0.39 is 11.7 Å². The van der Waals surface area contributed by atoms with E-state index in [1.807, 2.05) is 18.2 Å². The molecule has 176 valence electrons. The van der Waals surface area contributed by atoms with Crippen LogP contribution in [0.25, 0.3) is 11.0 Å². The molecule has 0 aliphatic rings. The van der Waals surface area contributed by atoms with Crippen molar-refractivity contribution in [2.75, 3.05) is 12.8 Å². The molecule has 1 amide bonds. The van der Waals surface area contributed by atoms with Crippen LogP contribution in [0.4, 0.5) is 10.2 Å². The van der Waals surface area contributed by atoms with Crippen LogP contribution in [0.2, 0.25) is 5.02 Å². The number of halogens is 3. The summed E-state index contributed by atoms with van der Waals surface area (Å²) < 4.78 is 18.1. The zero-order valence-electron chi connectivity index (χ0n) is 17.8. The first kappa shape index (κ1) is 24.9. The first-order valence-electron chi connectivity index (χ1n) is 9.76. The van der Waals surface area contributed by atoms with E-state index in [4.69, 9.17) is 33.7 Å². The van der Waals surface area contributed by atoms with Crippen molar-refractivity contribution in [3.8, 4) is 5.75 Å². The Balaban J connectivity index is 0.000000229. The third-order valence-corrected chi connectivity index (χ3v) is 4.93. The van der Waals surface area contributed by atoms with Crippen molar-refractivity contribution < 1.29 is 18.7 Å². The van der Waals surface area contributed by atoms with Gasteiger partial charge in [0.15, 0.2) is 11.5 Å². The maximum absolute atomic E-state index is 13.1. The average Bonchev–Trinajstić information content (AvgIpc) is 3.20. The second-order valence-electron chi connectivity index (χ2n) is 6.87. The monoisotopic (exact) mass is 504 g/mol. The Morgan fingerprint density at radius 1 is 1.18 bits per heavy atom. The quantitative estimate of drug-likeness (QED) is 0.340. The topological polar surface area (TPSA) is 136 Å². The maximum atomic E-state index is 13.1. The highest BCUT2D eigenvalue weighted by Gasteiger charge is 2.16. The van der Waals surface area contributed by atoms with Gasteiger partial charge >= 0.3 is 0 Å². The number of hydrogen-bond donors (Lipinski definition) is 3. The van der Waals surface area contributed by atoms with Gasteiger partial charge in [0.1, 0.15) is 28.9 Å². The molecular formula is C22H19Cl2FN6O3. The molecule has 0 saturated carbocycles. The molecule has 34 heavy (non-hydrogen) atoms. The summed E-state index contributed by atoms with van der Waals surface area (Å²) in [4.78, 5) is 30.6. The minimum Gasteiger partial charge on any atom is -0.497 e. The Morgan fingerprint density at radius 3 is 2.68 bits per heavy atom. The van der Waals surface area contributed by atoms with Crippen molar-refractivity contribution >= 4 is 51.2 Å². The predicted octanol–water partition coefficient (Wildman–Crippen LogP) is 3.66. The summed E-state index contributed by atoms with van der Waals surface area (Å²) in [6.07, 6.45) is 1.48. The van der Waals surface area contributed by atoms with Crippen molar-refractivity contribution in [1.82, 2.24) is 25.5 Å². The number of aromatic nitrogens is 4. The first-order valence-corrected chi connectivity index (χ1v) is 10.5. The van der Waals surface area contributed by atoms with E-state index in [9.17, 15) is 14.0 Å². The standard InChI is InChI=1S/C13H10ClFN6O.C9H9ClO2/c14-7-3-6(1-2-8(7)15)4-17-13(22)11-9-10(18-5-19-11)12(16)21-20-9;1-12-8-4-2-3-7(5-8)6-9(10)11/h1-3,5H,4H2,(H,17,22)(H3,16,20,21);2-5H,6H2,1H3. The van der Waals surface area contributed by atoms with E-state index in [0.717, 1.165) is 11.3 Å². The molecule has 0 radical (unpaired) electrons. The molecule has 0 fully saturated rings. The second-order valence-corrected chi connectivity index (χ2v) is 7.70. The normalized spacial score (nSPS) is 10.4. The van der Waals surface area contributed by atoms with Crippen LogP contribution in [0.15, 0.2) is 48.8 Å². The van der Waals surface area contributed by atoms with Crippen LogP contribution in [0.1, 0.15) is 21.6 Å². The number of nitrogen functional groups attached to an aromatic ring is 1. The molecule has 2 aromatic heterocycles. The lowest BCUT2D eigenvalue weighted by Crippen LogP contribution is -2.24. The molecule has 0 atom stereocenters. The highest BCUT2D eigenvalue weighted by atomic mass is 35.5. The molecule has 4 aromatic rings. The van der Waals surface area contributed by atoms with Crippen molar-refractivity contribution in [2.45, 2.75) is 13.0 Å². The maximum Gasteiger partial charge on any atom is 0.272 e. The molecule has 0 aliphatic carbocycles. The molecule has 4 N–H and O–H groups in total. The molecule has 0 saturated heterocycles. The minimum atomic E-state index is -0.512. The van der Waals surface area contributed by atoms with Crippen molar-refractivity contribution in [3.63, 3.8) is 0 Å². The summed E-state index contributed by atoms with van der Waals surface area (Å²) in [6.45, 7) is 0.175. The van der Waals surface area contributed by atoms with Gasteiger partial charge in [-0.1, -0.05) is 29.8 Å². The van der Waals surface area contributed by atoms with Gasteiger partial charge in [0.05, 0.1) is 12.1 Å². The van der Waals surface area contributed by atoms with Gasteiger partial charge < -0.3 is 15.8 Å². The second kappa shape index (κ2) is 11.4. The van der Waals surface area contributed by atoms with E-state index in [2.05, 4.69) is 25.5 Å². The van der Waals surface area contributed by atoms with Gasteiger partial charge in [0, 0.05) is 13.0 Å². The zero-order valence-corrected chi connectivity index (χ0v) is 19.3. The smallest absolute Gasteiger partial charge is 0.272 e. The van der Waals surface area contributed by atoms with Crippen molar-refractivity contribution in [2.24, 2.45) is 0 Å². The Hall–Kier alpha value is -3.76. The number of nitrogens with one attached hydrogen (secondary N) is 2. The van der Waals surface area contributed by atoms with E-state index >= 15 is 0 Å². The first-order chi connectivity index (χ1) is 16.3. The number of fused-ring (bicyclic) bond motifs is 1. The van der Waals surface area contributed by atoms with Crippen LogP contribution in [0, 0.1) is 5.82 Å². The number of carbonyl (C=O) groups excluding carboxylic acids is 2. The molecule has 0 aliphatic heterocycles. The van der Waals surface area contributed by atoms with Gasteiger partial charge in [-0.2, -0.15) is 5.10 Å². The summed E-state index contributed by atoms with van der Waals surface area (Å²) >= 11 is 10.9. The van der Waals surface area contributed by atoms with Crippen LogP contribution in [-0.4, -0.2) is 38.4 Å². The summed E-state index contributed by atoms with van der Waals surface area (Å²) in [6, 6.07) is 11.5. The molecule has 12 heteroatoms. The number of H-pyrrole nitrogens is 1. The van der Waals surface area contributed by atoms with Gasteiger partial charge in [-0.25, -0.2) is 14.4 Å². The third-order valence-electron chi connectivity index (χ3n) is 4.51. The number of aromatic amines is 1. The van der Waals surface area contributed by atoms with Crippen LogP contribution in [0.3, 0.4) is 0 Å². The molecule has 0 unspecified atom stereocenters. The van der Waals surface area contributed by atoms with Crippen LogP contribution >= 0.6 is 23.2 Å². The van der Waals surface area contributed by atoms with Crippen molar-refractivity contribution in [3.05, 3.63) is 76.5 Å². The number of amides is 1. The van der Waals surface area contributed by atoms with Crippen molar-refractivity contribution in [1.29, 1.82) is 0 Å². The number of methoxy groups -OCH3 is 1. The van der Waals surface area contributed by atoms with E-state index in [0.29, 0.717) is 16.6 Å². The fraction of sp³-hybridized carbons (Fsp3) is 0.136. The van der Waals surface area contributed by atoms with E-state index in [1.54, 1.807) is 13.2 Å². The number of carbonyl (C=O) groups is 2. The number of hydrogen-bond acceptors (Lipinski definition) is 7. The van der Waals surface area contributed by atoms with Crippen LogP contribution < -0.4 is 15.8 Å². The summed E-state index contributed by atoms with van der Waals surface area (Å²) in [7, 11) is 1.58. The van der Waals surface area contributed by atoms with Gasteiger partial charge in [0.25, 0.3) is 5.91 Å². The fourth-order valence-corrected chi connectivity index (χ4v) is 3.24. The lowest BCUT2D eigenvalue weighted by Gasteiger charge is -2.06. The minimum absolute atomic E-state index is 0.00230. The Kier molecular flexibility index (Phi) is 8.34. The molecule has 0 bridgehead atoms. The van der Waals surface area contributed by atoms with E-state index in [1.165, 1.54) is 24.5 Å². The largest absolute Gasteiger partial charge is 0.497 e. The molecule has 0 spiro atoms. The number of rotatable bonds is 6. The predicted molar refractivity (Wildman–Crippen MR) is 126 cm³/mol. The van der Waals surface area contributed by atoms with Gasteiger partial charge in [-0.15, -0.1) is 0 Å². The zero-order chi connectivity index (χ0) is 24.7. The Bertz CT molecular complexity index is 1330. The molecule has 2 heterocycles. The van der Waals surface area contributed by atoms with Crippen LogP contribution in [0.5, 0.6) is 5.75 Å². The fourth-order valence-electron chi connectivity index (χ4n) is 2.89. The Morgan fingerprint density at radius 2 is 1.97 bits per heavy atom. The number of nitrogens with zero attached hydrogens (tertiary/aromatic N) is 3.